The summed E-state index contributed by atoms with van der Waals surface area (Å²) in [4.78, 5) is 46.1. The van der Waals surface area contributed by atoms with E-state index < -0.39 is 48.3 Å². The molecule has 364 valence electrons. The molecule has 65 heavy (non-hydrogen) atoms. The second kappa shape index (κ2) is 42.0. The zero-order valence-corrected chi connectivity index (χ0v) is 45.6. The van der Waals surface area contributed by atoms with Gasteiger partial charge in [0, 0.05) is 38.6 Å². The maximum Gasteiger partial charge on any atom is 2.00 e. The Balaban J connectivity index is 0.00000124. The molecule has 0 bridgehead atoms. The van der Waals surface area contributed by atoms with Crippen LogP contribution in [0.3, 0.4) is 0 Å². The summed E-state index contributed by atoms with van der Waals surface area (Å²) in [6.45, 7) is 7.41. The molecule has 0 spiro atoms. The van der Waals surface area contributed by atoms with Crippen molar-refractivity contribution in [3.8, 4) is 0 Å². The molecule has 0 N–H and O–H groups in total. The topological polar surface area (TPSA) is 151 Å². The zero-order chi connectivity index (χ0) is 47.0. The molecule has 0 radical (unpaired) electrons. The van der Waals surface area contributed by atoms with Crippen LogP contribution in [-0.4, -0.2) is 84.3 Å². The average Bonchev–Trinajstić information content (AvgIpc) is 3.25. The Morgan fingerprint density at radius 3 is 0.892 bits per heavy atom. The minimum atomic E-state index is -1.47. The van der Waals surface area contributed by atoms with E-state index in [0.717, 1.165) is 49.7 Å². The number of aliphatic carboxylic acids is 2. The fourth-order valence-corrected chi connectivity index (χ4v) is 8.02. The Hall–Kier alpha value is -2.19. The SMILES string of the molecule is CCCCCCCCCCCCCCCC(CC(=O)[O-])(OCc1ccccc1)OC(C)=O.CCCCCCCCCCCCCCCC(CC(=O)[O-])(OCc1ccccc1)OC(C)=O.[Ba+2]. The average molecular weight is 1030 g/mol. The number of carbonyl (C=O) groups excluding carboxylic acids is 4. The molecular weight excluding hydrogens is 946 g/mol. The predicted octanol–water partition coefficient (Wildman–Crippen LogP) is 11.8. The minimum Gasteiger partial charge on any atom is -0.550 e. The van der Waals surface area contributed by atoms with Crippen molar-refractivity contribution in [1.29, 1.82) is 0 Å². The van der Waals surface area contributed by atoms with Gasteiger partial charge in [-0.25, -0.2) is 0 Å². The van der Waals surface area contributed by atoms with Gasteiger partial charge in [-0.15, -0.1) is 0 Å². The van der Waals surface area contributed by atoms with E-state index >= 15 is 0 Å². The third-order valence-corrected chi connectivity index (χ3v) is 11.5. The van der Waals surface area contributed by atoms with Crippen LogP contribution in [0.4, 0.5) is 0 Å². The third-order valence-electron chi connectivity index (χ3n) is 11.5. The Morgan fingerprint density at radius 2 is 0.662 bits per heavy atom. The van der Waals surface area contributed by atoms with Crippen molar-refractivity contribution < 1.29 is 48.3 Å². The summed E-state index contributed by atoms with van der Waals surface area (Å²) in [5, 5.41) is 22.7. The minimum absolute atomic E-state index is 0. The van der Waals surface area contributed by atoms with Gasteiger partial charge in [0.15, 0.2) is 0 Å². The standard InChI is InChI=1S/2C27H44O5.Ba/c2*1-3-4-5-6-7-8-9-10-11-12-13-14-18-21-27(22-26(29)30,32-24(2)28)31-23-25-19-16-15-17-20-25;/h2*15-17,19-20H,3-14,18,21-23H2,1-2H3,(H,29,30);/q;;+2/p-2. The number of benzene rings is 2. The molecule has 0 aliphatic heterocycles. The first-order valence-corrected chi connectivity index (χ1v) is 25.1. The number of carboxylic acid groups (broad SMARTS) is 2. The maximum absolute atomic E-state index is 11.7. The fourth-order valence-electron chi connectivity index (χ4n) is 8.02. The van der Waals surface area contributed by atoms with E-state index in [4.69, 9.17) is 18.9 Å². The molecule has 11 heteroatoms. The maximum atomic E-state index is 11.7. The Bertz CT molecular complexity index is 1310. The molecular formula is C54H86BaO10. The van der Waals surface area contributed by atoms with Crippen LogP contribution in [-0.2, 0) is 51.3 Å². The first-order valence-electron chi connectivity index (χ1n) is 25.1. The largest absolute Gasteiger partial charge is 2.00 e. The summed E-state index contributed by atoms with van der Waals surface area (Å²) in [6, 6.07) is 18.9. The van der Waals surface area contributed by atoms with Gasteiger partial charge in [0.2, 0.25) is 11.6 Å². The van der Waals surface area contributed by atoms with Crippen molar-refractivity contribution in [2.45, 2.75) is 245 Å². The second-order valence-corrected chi connectivity index (χ2v) is 17.6. The van der Waals surface area contributed by atoms with Crippen molar-refractivity contribution in [3.63, 3.8) is 0 Å². The molecule has 2 atom stereocenters. The van der Waals surface area contributed by atoms with Crippen molar-refractivity contribution in [3.05, 3.63) is 71.8 Å². The van der Waals surface area contributed by atoms with Crippen molar-refractivity contribution in [1.82, 2.24) is 0 Å². The molecule has 0 aliphatic rings. The number of carboxylic acids is 2. The van der Waals surface area contributed by atoms with Crippen LogP contribution in [0.25, 0.3) is 0 Å². The first kappa shape index (κ1) is 62.8. The first-order chi connectivity index (χ1) is 30.9. The van der Waals surface area contributed by atoms with Gasteiger partial charge in [0.05, 0.1) is 26.1 Å². The van der Waals surface area contributed by atoms with Crippen LogP contribution in [0.15, 0.2) is 60.7 Å². The van der Waals surface area contributed by atoms with E-state index in [0.29, 0.717) is 12.8 Å². The molecule has 2 unspecified atom stereocenters. The number of hydrogen-bond donors (Lipinski definition) is 0. The van der Waals surface area contributed by atoms with Gasteiger partial charge in [-0.2, -0.15) is 0 Å². The molecule has 0 amide bonds. The van der Waals surface area contributed by atoms with E-state index in [1.165, 1.54) is 142 Å². The summed E-state index contributed by atoms with van der Waals surface area (Å²) in [5.74, 6) is -6.61. The molecule has 10 nitrogen and oxygen atoms in total. The molecule has 0 saturated carbocycles. The normalized spacial score (nSPS) is 12.7. The quantitative estimate of drug-likeness (QED) is 0.0273. The smallest absolute Gasteiger partial charge is 0.550 e. The Kier molecular flexibility index (Phi) is 40.5. The van der Waals surface area contributed by atoms with E-state index in [1.807, 2.05) is 60.7 Å². The zero-order valence-electron chi connectivity index (χ0n) is 41.2. The monoisotopic (exact) mass is 1030 g/mol. The van der Waals surface area contributed by atoms with Gasteiger partial charge in [0.25, 0.3) is 0 Å². The second-order valence-electron chi connectivity index (χ2n) is 17.6. The number of rotatable bonds is 40. The molecule has 0 saturated heterocycles. The predicted molar refractivity (Wildman–Crippen MR) is 257 cm³/mol. The Labute approximate surface area is 434 Å². The van der Waals surface area contributed by atoms with Gasteiger partial charge >= 0.3 is 60.8 Å². The molecule has 0 aromatic heterocycles. The van der Waals surface area contributed by atoms with Gasteiger partial charge in [0.1, 0.15) is 0 Å². The van der Waals surface area contributed by atoms with Crippen LogP contribution in [0, 0.1) is 0 Å². The summed E-state index contributed by atoms with van der Waals surface area (Å²) >= 11 is 0. The molecule has 2 rings (SSSR count). The molecule has 2 aromatic rings. The van der Waals surface area contributed by atoms with Crippen LogP contribution < -0.4 is 10.2 Å². The number of unbranched alkanes of at least 4 members (excludes halogenated alkanes) is 24. The van der Waals surface area contributed by atoms with E-state index in [-0.39, 0.29) is 62.1 Å². The molecule has 2 aromatic carbocycles. The van der Waals surface area contributed by atoms with Gasteiger partial charge in [-0.3, -0.25) is 9.59 Å². The van der Waals surface area contributed by atoms with Crippen LogP contribution in [0.2, 0.25) is 0 Å². The van der Waals surface area contributed by atoms with Gasteiger partial charge in [-0.1, -0.05) is 229 Å². The third kappa shape index (κ3) is 36.5. The Morgan fingerprint density at radius 1 is 0.415 bits per heavy atom. The van der Waals surface area contributed by atoms with Crippen molar-refractivity contribution in [2.75, 3.05) is 0 Å². The van der Waals surface area contributed by atoms with E-state index in [2.05, 4.69) is 13.8 Å². The van der Waals surface area contributed by atoms with Crippen molar-refractivity contribution in [2.24, 2.45) is 0 Å². The number of carbonyl (C=O) groups is 4. The summed E-state index contributed by atoms with van der Waals surface area (Å²) in [7, 11) is 0. The van der Waals surface area contributed by atoms with Gasteiger partial charge in [-0.05, 0) is 24.0 Å². The number of esters is 2. The van der Waals surface area contributed by atoms with E-state index in [9.17, 15) is 29.4 Å². The van der Waals surface area contributed by atoms with E-state index in [1.54, 1.807) is 0 Å². The number of hydrogen-bond acceptors (Lipinski definition) is 10. The van der Waals surface area contributed by atoms with Crippen LogP contribution >= 0.6 is 0 Å². The number of ether oxygens (including phenoxy) is 4. The van der Waals surface area contributed by atoms with Crippen LogP contribution in [0.1, 0.15) is 231 Å². The summed E-state index contributed by atoms with van der Waals surface area (Å²) in [5.41, 5.74) is 1.79. The summed E-state index contributed by atoms with van der Waals surface area (Å²) in [6.07, 6.45) is 31.7. The summed E-state index contributed by atoms with van der Waals surface area (Å²) < 4.78 is 22.6. The molecule has 0 fully saturated rings. The van der Waals surface area contributed by atoms with Crippen molar-refractivity contribution >= 4 is 72.8 Å². The molecule has 0 heterocycles. The van der Waals surface area contributed by atoms with Crippen LogP contribution in [0.5, 0.6) is 0 Å². The fraction of sp³-hybridized carbons (Fsp3) is 0.704. The van der Waals surface area contributed by atoms with Gasteiger partial charge < -0.3 is 38.7 Å². The molecule has 0 aliphatic carbocycles.